The predicted molar refractivity (Wildman–Crippen MR) is 89.3 cm³/mol. The van der Waals surface area contributed by atoms with E-state index in [1.54, 1.807) is 18.4 Å². The van der Waals surface area contributed by atoms with Crippen LogP contribution in [0.1, 0.15) is 41.0 Å². The number of thiazole rings is 1. The maximum atomic E-state index is 5.42. The number of nitrogens with zero attached hydrogens (tertiary/aromatic N) is 1. The zero-order chi connectivity index (χ0) is 15.4. The highest BCUT2D eigenvalue weighted by molar-refractivity contribution is 7.11. The number of nitrogens with one attached hydrogen (secondary N) is 1. The Bertz CT molecular complexity index is 594. The largest absolute Gasteiger partial charge is 0.496 e. The molecule has 2 atom stereocenters. The van der Waals surface area contributed by atoms with Gasteiger partial charge in [0.05, 0.1) is 17.8 Å². The van der Waals surface area contributed by atoms with E-state index in [-0.39, 0.29) is 6.04 Å². The lowest BCUT2D eigenvalue weighted by Gasteiger charge is -2.20. The second kappa shape index (κ2) is 7.05. The molecule has 0 saturated heterocycles. The van der Waals surface area contributed by atoms with Crippen LogP contribution >= 0.6 is 11.3 Å². The van der Waals surface area contributed by atoms with E-state index in [0.717, 1.165) is 17.2 Å². The van der Waals surface area contributed by atoms with Crippen LogP contribution in [0, 0.1) is 13.8 Å². The van der Waals surface area contributed by atoms with Gasteiger partial charge in [-0.25, -0.2) is 4.98 Å². The van der Waals surface area contributed by atoms with Crippen molar-refractivity contribution in [2.45, 2.75) is 46.2 Å². The Morgan fingerprint density at radius 3 is 2.57 bits per heavy atom. The number of hydrogen-bond acceptors (Lipinski definition) is 4. The van der Waals surface area contributed by atoms with Gasteiger partial charge in [-0.1, -0.05) is 18.2 Å². The van der Waals surface area contributed by atoms with Gasteiger partial charge in [-0.15, -0.1) is 11.3 Å². The molecule has 1 aromatic carbocycles. The van der Waals surface area contributed by atoms with Crippen molar-refractivity contribution < 1.29 is 4.74 Å². The molecule has 21 heavy (non-hydrogen) atoms. The maximum absolute atomic E-state index is 5.42. The summed E-state index contributed by atoms with van der Waals surface area (Å²) in [5, 5.41) is 4.77. The summed E-state index contributed by atoms with van der Waals surface area (Å²) in [7, 11) is 1.72. The van der Waals surface area contributed by atoms with Gasteiger partial charge in [0.15, 0.2) is 0 Å². The minimum atomic E-state index is 0.264. The van der Waals surface area contributed by atoms with Crippen LogP contribution in [0.15, 0.2) is 24.3 Å². The molecule has 0 fully saturated rings. The van der Waals surface area contributed by atoms with Gasteiger partial charge in [-0.3, -0.25) is 0 Å². The summed E-state index contributed by atoms with van der Waals surface area (Å²) in [6.07, 6.45) is 0.941. The predicted octanol–water partition coefficient (Wildman–Crippen LogP) is 4.05. The van der Waals surface area contributed by atoms with Crippen LogP contribution in [0.5, 0.6) is 5.75 Å². The number of para-hydroxylation sites is 1. The smallest absolute Gasteiger partial charge is 0.122 e. The maximum Gasteiger partial charge on any atom is 0.122 e. The average molecular weight is 304 g/mol. The highest BCUT2D eigenvalue weighted by atomic mass is 32.1. The fourth-order valence-electron chi connectivity index (χ4n) is 2.71. The van der Waals surface area contributed by atoms with Crippen molar-refractivity contribution in [3.8, 4) is 5.75 Å². The molecule has 2 unspecified atom stereocenters. The first kappa shape index (κ1) is 16.0. The topological polar surface area (TPSA) is 34.1 Å². The number of aromatic nitrogens is 1. The van der Waals surface area contributed by atoms with Crippen molar-refractivity contribution >= 4 is 11.3 Å². The molecule has 4 heteroatoms. The first-order chi connectivity index (χ1) is 10.0. The first-order valence-electron chi connectivity index (χ1n) is 7.33. The molecule has 3 nitrogen and oxygen atoms in total. The van der Waals surface area contributed by atoms with Gasteiger partial charge in [-0.2, -0.15) is 0 Å². The Balaban J connectivity index is 2.01. The van der Waals surface area contributed by atoms with Crippen molar-refractivity contribution in [1.82, 2.24) is 10.3 Å². The zero-order valence-corrected chi connectivity index (χ0v) is 14.3. The van der Waals surface area contributed by atoms with Gasteiger partial charge in [0.2, 0.25) is 0 Å². The van der Waals surface area contributed by atoms with Gasteiger partial charge in [0.25, 0.3) is 0 Å². The highest BCUT2D eigenvalue weighted by Crippen LogP contribution is 2.24. The molecule has 2 rings (SSSR count). The summed E-state index contributed by atoms with van der Waals surface area (Å²) in [5.41, 5.74) is 2.41. The van der Waals surface area contributed by atoms with Crippen LogP contribution in [-0.2, 0) is 6.42 Å². The summed E-state index contributed by atoms with van der Waals surface area (Å²) >= 11 is 1.76. The molecule has 1 N–H and O–H groups in total. The molecule has 0 spiro atoms. The van der Waals surface area contributed by atoms with Crippen LogP contribution in [0.25, 0.3) is 0 Å². The third-order valence-electron chi connectivity index (χ3n) is 3.60. The van der Waals surface area contributed by atoms with Crippen LogP contribution in [0.4, 0.5) is 0 Å². The van der Waals surface area contributed by atoms with Crippen molar-refractivity contribution in [3.63, 3.8) is 0 Å². The van der Waals surface area contributed by atoms with E-state index < -0.39 is 0 Å². The van der Waals surface area contributed by atoms with Crippen molar-refractivity contribution in [3.05, 3.63) is 45.4 Å². The molecule has 0 amide bonds. The average Bonchev–Trinajstić information content (AvgIpc) is 2.78. The number of rotatable bonds is 6. The van der Waals surface area contributed by atoms with Gasteiger partial charge in [0, 0.05) is 17.0 Å². The molecule has 1 aromatic heterocycles. The Kier molecular flexibility index (Phi) is 5.37. The Hall–Kier alpha value is -1.39. The minimum Gasteiger partial charge on any atom is -0.496 e. The molecule has 0 aliphatic rings. The van der Waals surface area contributed by atoms with Crippen LogP contribution < -0.4 is 10.1 Å². The summed E-state index contributed by atoms with van der Waals surface area (Å²) in [5.74, 6) is 0.958. The third-order valence-corrected chi connectivity index (χ3v) is 4.50. The summed E-state index contributed by atoms with van der Waals surface area (Å²) in [6, 6.07) is 8.82. The second-order valence-corrected chi connectivity index (χ2v) is 6.89. The van der Waals surface area contributed by atoms with Gasteiger partial charge in [0.1, 0.15) is 5.75 Å². The fraction of sp³-hybridized carbons (Fsp3) is 0.471. The van der Waals surface area contributed by atoms with E-state index in [9.17, 15) is 0 Å². The molecule has 0 bridgehead atoms. The van der Waals surface area contributed by atoms with Crippen molar-refractivity contribution in [2.24, 2.45) is 0 Å². The number of ether oxygens (including phenoxy) is 1. The highest BCUT2D eigenvalue weighted by Gasteiger charge is 2.16. The lowest BCUT2D eigenvalue weighted by Crippen LogP contribution is -2.31. The normalized spacial score (nSPS) is 14.0. The van der Waals surface area contributed by atoms with Crippen LogP contribution in [0.2, 0.25) is 0 Å². The second-order valence-electron chi connectivity index (χ2n) is 5.48. The Morgan fingerprint density at radius 1 is 1.24 bits per heavy atom. The van der Waals surface area contributed by atoms with E-state index in [4.69, 9.17) is 4.74 Å². The van der Waals surface area contributed by atoms with Gasteiger partial charge < -0.3 is 10.1 Å². The zero-order valence-electron chi connectivity index (χ0n) is 13.4. The standard InChI is InChI=1S/C17H24N2OS/c1-11(10-15-8-6-7-9-16(15)20-5)18-12(2)17-13(3)21-14(4)19-17/h6-9,11-12,18H,10H2,1-5H3. The first-order valence-corrected chi connectivity index (χ1v) is 8.14. The van der Waals surface area contributed by atoms with E-state index in [0.29, 0.717) is 6.04 Å². The molecular weight excluding hydrogens is 280 g/mol. The lowest BCUT2D eigenvalue weighted by atomic mass is 10.0. The molecule has 0 aliphatic heterocycles. The van der Waals surface area contributed by atoms with E-state index in [1.807, 2.05) is 12.1 Å². The van der Waals surface area contributed by atoms with Crippen LogP contribution in [0.3, 0.4) is 0 Å². The molecule has 0 aliphatic carbocycles. The quantitative estimate of drug-likeness (QED) is 0.874. The molecule has 114 valence electrons. The summed E-state index contributed by atoms with van der Waals surface area (Å²) in [6.45, 7) is 8.59. The van der Waals surface area contributed by atoms with E-state index in [2.05, 4.69) is 50.1 Å². The lowest BCUT2D eigenvalue weighted by molar-refractivity contribution is 0.402. The monoisotopic (exact) mass is 304 g/mol. The number of methoxy groups -OCH3 is 1. The van der Waals surface area contributed by atoms with Crippen LogP contribution in [-0.4, -0.2) is 18.1 Å². The summed E-state index contributed by atoms with van der Waals surface area (Å²) in [4.78, 5) is 5.94. The van der Waals surface area contributed by atoms with Crippen molar-refractivity contribution in [1.29, 1.82) is 0 Å². The minimum absolute atomic E-state index is 0.264. The molecular formula is C17H24N2OS. The van der Waals surface area contributed by atoms with Crippen molar-refractivity contribution in [2.75, 3.05) is 7.11 Å². The Morgan fingerprint density at radius 2 is 1.95 bits per heavy atom. The van der Waals surface area contributed by atoms with E-state index >= 15 is 0 Å². The number of hydrogen-bond donors (Lipinski definition) is 1. The van der Waals surface area contributed by atoms with Gasteiger partial charge in [-0.05, 0) is 45.7 Å². The molecule has 0 radical (unpaired) electrons. The number of benzene rings is 1. The Labute approximate surface area is 131 Å². The third kappa shape index (κ3) is 4.05. The fourth-order valence-corrected chi connectivity index (χ4v) is 3.63. The number of aryl methyl sites for hydroxylation is 2. The van der Waals surface area contributed by atoms with Gasteiger partial charge >= 0.3 is 0 Å². The summed E-state index contributed by atoms with van der Waals surface area (Å²) < 4.78 is 5.42. The SMILES string of the molecule is COc1ccccc1CC(C)NC(C)c1nc(C)sc1C. The molecule has 2 aromatic rings. The molecule has 1 heterocycles. The molecule has 0 saturated carbocycles. The van der Waals surface area contributed by atoms with E-state index in [1.165, 1.54) is 16.1 Å².